The smallest absolute Gasteiger partial charge is 0.127 e. The molecule has 0 saturated heterocycles. The highest BCUT2D eigenvalue weighted by Crippen LogP contribution is 2.17. The molecule has 5 heteroatoms. The van der Waals surface area contributed by atoms with E-state index < -0.39 is 10.8 Å². The van der Waals surface area contributed by atoms with Gasteiger partial charge in [0.2, 0.25) is 0 Å². The van der Waals surface area contributed by atoms with Crippen molar-refractivity contribution in [1.82, 2.24) is 0 Å². The van der Waals surface area contributed by atoms with Crippen molar-refractivity contribution in [1.29, 1.82) is 0 Å². The van der Waals surface area contributed by atoms with Crippen molar-refractivity contribution in [2.45, 2.75) is 17.2 Å². The first-order valence-corrected chi connectivity index (χ1v) is 7.82. The molecule has 2 nitrogen and oxygen atoms in total. The Balaban J connectivity index is 2.17. The molecule has 0 aliphatic rings. The predicted octanol–water partition coefficient (Wildman–Crippen LogP) is 3.35. The molecule has 19 heavy (non-hydrogen) atoms. The lowest BCUT2D eigenvalue weighted by Gasteiger charge is -2.06. The van der Waals surface area contributed by atoms with Gasteiger partial charge in [-0.25, -0.2) is 4.39 Å². The van der Waals surface area contributed by atoms with Crippen LogP contribution in [0.15, 0.2) is 51.8 Å². The van der Waals surface area contributed by atoms with E-state index in [1.54, 1.807) is 12.1 Å². The summed E-state index contributed by atoms with van der Waals surface area (Å²) in [6, 6.07) is 12.0. The predicted molar refractivity (Wildman–Crippen MR) is 78.5 cm³/mol. The second-order valence-corrected chi connectivity index (χ2v) is 6.44. The fourth-order valence-electron chi connectivity index (χ4n) is 1.70. The molecule has 1 atom stereocenters. The lowest BCUT2D eigenvalue weighted by Crippen LogP contribution is -2.02. The van der Waals surface area contributed by atoms with Gasteiger partial charge in [0.05, 0.1) is 16.6 Å². The lowest BCUT2D eigenvalue weighted by molar-refractivity contribution is 0.610. The molecular formula is C14H13BrFNOS. The van der Waals surface area contributed by atoms with Crippen LogP contribution in [0.4, 0.5) is 4.39 Å². The van der Waals surface area contributed by atoms with Crippen LogP contribution >= 0.6 is 15.9 Å². The standard InChI is InChI=1S/C14H13BrFNOS/c15-12-2-4-13(5-3-12)19(18)9-10-1-6-14(16)11(7-10)8-17/h1-7H,8-9,17H2. The molecule has 0 aliphatic heterocycles. The van der Waals surface area contributed by atoms with Crippen LogP contribution in [-0.2, 0) is 23.1 Å². The first-order valence-electron chi connectivity index (χ1n) is 5.71. The average Bonchev–Trinajstić information content (AvgIpc) is 2.41. The molecule has 0 fully saturated rings. The molecule has 2 rings (SSSR count). The largest absolute Gasteiger partial charge is 0.326 e. The van der Waals surface area contributed by atoms with Gasteiger partial charge in [0.1, 0.15) is 5.82 Å². The van der Waals surface area contributed by atoms with E-state index in [9.17, 15) is 8.60 Å². The third kappa shape index (κ3) is 3.72. The molecule has 2 aromatic carbocycles. The maximum absolute atomic E-state index is 13.3. The van der Waals surface area contributed by atoms with E-state index in [4.69, 9.17) is 5.73 Å². The van der Waals surface area contributed by atoms with Crippen molar-refractivity contribution in [3.63, 3.8) is 0 Å². The highest BCUT2D eigenvalue weighted by atomic mass is 79.9. The molecule has 0 bridgehead atoms. The van der Waals surface area contributed by atoms with Crippen molar-refractivity contribution in [3.05, 3.63) is 63.9 Å². The number of hydrogen-bond acceptors (Lipinski definition) is 2. The molecule has 0 spiro atoms. The van der Waals surface area contributed by atoms with Gasteiger partial charge in [-0.1, -0.05) is 28.1 Å². The van der Waals surface area contributed by atoms with Crippen molar-refractivity contribution in [3.8, 4) is 0 Å². The molecular weight excluding hydrogens is 329 g/mol. The van der Waals surface area contributed by atoms with E-state index in [0.29, 0.717) is 11.3 Å². The van der Waals surface area contributed by atoms with Gasteiger partial charge in [-0.05, 0) is 35.9 Å². The molecule has 0 aliphatic carbocycles. The highest BCUT2D eigenvalue weighted by molar-refractivity contribution is 9.10. The zero-order valence-corrected chi connectivity index (χ0v) is 12.5. The monoisotopic (exact) mass is 341 g/mol. The molecule has 2 N–H and O–H groups in total. The Morgan fingerprint density at radius 2 is 1.84 bits per heavy atom. The van der Waals surface area contributed by atoms with Crippen LogP contribution in [0.1, 0.15) is 11.1 Å². The van der Waals surface area contributed by atoms with E-state index >= 15 is 0 Å². The number of rotatable bonds is 4. The summed E-state index contributed by atoms with van der Waals surface area (Å²) in [7, 11) is -1.14. The number of nitrogens with two attached hydrogens (primary N) is 1. The van der Waals surface area contributed by atoms with Gasteiger partial charge in [0, 0.05) is 21.5 Å². The van der Waals surface area contributed by atoms with Gasteiger partial charge < -0.3 is 5.73 Å². The number of benzene rings is 2. The van der Waals surface area contributed by atoms with Gasteiger partial charge in [-0.15, -0.1) is 0 Å². The Morgan fingerprint density at radius 1 is 1.16 bits per heavy atom. The van der Waals surface area contributed by atoms with Crippen LogP contribution in [0.25, 0.3) is 0 Å². The van der Waals surface area contributed by atoms with Gasteiger partial charge in [0.25, 0.3) is 0 Å². The summed E-state index contributed by atoms with van der Waals surface area (Å²) in [4.78, 5) is 0.752. The van der Waals surface area contributed by atoms with Crippen LogP contribution in [-0.4, -0.2) is 4.21 Å². The lowest BCUT2D eigenvalue weighted by atomic mass is 10.1. The van der Waals surface area contributed by atoms with Crippen molar-refractivity contribution >= 4 is 26.7 Å². The summed E-state index contributed by atoms with van der Waals surface area (Å²) < 4.78 is 26.4. The number of hydrogen-bond donors (Lipinski definition) is 1. The third-order valence-electron chi connectivity index (χ3n) is 2.70. The second kappa shape index (κ2) is 6.41. The number of halogens is 2. The highest BCUT2D eigenvalue weighted by Gasteiger charge is 2.07. The summed E-state index contributed by atoms with van der Waals surface area (Å²) in [5.41, 5.74) is 6.73. The first-order chi connectivity index (χ1) is 9.10. The molecule has 0 radical (unpaired) electrons. The van der Waals surface area contributed by atoms with E-state index in [2.05, 4.69) is 15.9 Å². The molecule has 100 valence electrons. The van der Waals surface area contributed by atoms with Gasteiger partial charge in [-0.3, -0.25) is 4.21 Å². The Bertz CT molecular complexity index is 601. The third-order valence-corrected chi connectivity index (χ3v) is 4.63. The SMILES string of the molecule is NCc1cc(CS(=O)c2ccc(Br)cc2)ccc1F. The normalized spacial score (nSPS) is 12.4. The van der Waals surface area contributed by atoms with Crippen LogP contribution in [0.2, 0.25) is 0 Å². The van der Waals surface area contributed by atoms with Crippen molar-refractivity contribution in [2.75, 3.05) is 0 Å². The summed E-state index contributed by atoms with van der Waals surface area (Å²) in [6.45, 7) is 0.143. The zero-order valence-electron chi connectivity index (χ0n) is 10.1. The minimum Gasteiger partial charge on any atom is -0.326 e. The molecule has 0 amide bonds. The Labute approximate surface area is 122 Å². The second-order valence-electron chi connectivity index (χ2n) is 4.07. The molecule has 0 heterocycles. The molecule has 1 unspecified atom stereocenters. The molecule has 2 aromatic rings. The fraction of sp³-hybridized carbons (Fsp3) is 0.143. The van der Waals surface area contributed by atoms with E-state index in [1.807, 2.05) is 24.3 Å². The first kappa shape index (κ1) is 14.4. The van der Waals surface area contributed by atoms with Gasteiger partial charge in [-0.2, -0.15) is 0 Å². The minimum atomic E-state index is -1.14. The van der Waals surface area contributed by atoms with Gasteiger partial charge in [0.15, 0.2) is 0 Å². The Kier molecular flexibility index (Phi) is 4.85. The Hall–Kier alpha value is -1.04. The summed E-state index contributed by atoms with van der Waals surface area (Å²) in [5, 5.41) is 0. The molecule has 0 aromatic heterocycles. The average molecular weight is 342 g/mol. The van der Waals surface area contributed by atoms with E-state index in [1.165, 1.54) is 6.07 Å². The molecule has 0 saturated carbocycles. The topological polar surface area (TPSA) is 43.1 Å². The maximum Gasteiger partial charge on any atom is 0.127 e. The zero-order chi connectivity index (χ0) is 13.8. The summed E-state index contributed by atoms with van der Waals surface area (Å²) >= 11 is 3.33. The minimum absolute atomic E-state index is 0.143. The van der Waals surface area contributed by atoms with Crippen molar-refractivity contribution in [2.24, 2.45) is 5.73 Å². The van der Waals surface area contributed by atoms with Gasteiger partial charge >= 0.3 is 0 Å². The van der Waals surface area contributed by atoms with Crippen molar-refractivity contribution < 1.29 is 8.60 Å². The fourth-order valence-corrected chi connectivity index (χ4v) is 3.05. The summed E-state index contributed by atoms with van der Waals surface area (Å²) in [5.74, 6) is 0.0372. The summed E-state index contributed by atoms with van der Waals surface area (Å²) in [6.07, 6.45) is 0. The maximum atomic E-state index is 13.3. The van der Waals surface area contributed by atoms with Crippen LogP contribution in [0.5, 0.6) is 0 Å². The Morgan fingerprint density at radius 3 is 2.47 bits per heavy atom. The van der Waals surface area contributed by atoms with E-state index in [-0.39, 0.29) is 12.4 Å². The van der Waals surface area contributed by atoms with Crippen LogP contribution in [0, 0.1) is 5.82 Å². The van der Waals surface area contributed by atoms with Crippen LogP contribution in [0.3, 0.4) is 0 Å². The van der Waals surface area contributed by atoms with E-state index in [0.717, 1.165) is 14.9 Å². The quantitative estimate of drug-likeness (QED) is 0.926. The van der Waals surface area contributed by atoms with Crippen LogP contribution < -0.4 is 5.73 Å².